The number of nitrogens with zero attached hydrogens (tertiary/aromatic N) is 2. The molecule has 0 bridgehead atoms. The molecule has 6 nitrogen and oxygen atoms in total. The SMILES string of the molecule is CCNC(=O)[C@H](C)NC(=O)c1cnn(-c2ccc(Br)cc2)c1C. The highest BCUT2D eigenvalue weighted by molar-refractivity contribution is 9.10. The van der Waals surface area contributed by atoms with E-state index in [0.717, 1.165) is 10.2 Å². The van der Waals surface area contributed by atoms with Gasteiger partial charge in [-0.25, -0.2) is 4.68 Å². The van der Waals surface area contributed by atoms with Gasteiger partial charge >= 0.3 is 0 Å². The molecule has 0 aliphatic rings. The van der Waals surface area contributed by atoms with Crippen molar-refractivity contribution in [2.75, 3.05) is 6.54 Å². The molecule has 23 heavy (non-hydrogen) atoms. The highest BCUT2D eigenvalue weighted by Gasteiger charge is 2.19. The lowest BCUT2D eigenvalue weighted by atomic mass is 10.2. The van der Waals surface area contributed by atoms with Crippen LogP contribution in [0.1, 0.15) is 29.9 Å². The molecule has 0 saturated heterocycles. The van der Waals surface area contributed by atoms with E-state index in [1.807, 2.05) is 38.1 Å². The van der Waals surface area contributed by atoms with Crippen molar-refractivity contribution in [1.82, 2.24) is 20.4 Å². The molecular weight excluding hydrogens is 360 g/mol. The Hall–Kier alpha value is -2.15. The minimum absolute atomic E-state index is 0.209. The van der Waals surface area contributed by atoms with Gasteiger partial charge in [0.25, 0.3) is 5.91 Å². The topological polar surface area (TPSA) is 76.0 Å². The predicted molar refractivity (Wildman–Crippen MR) is 91.6 cm³/mol. The van der Waals surface area contributed by atoms with Crippen LogP contribution in [0.15, 0.2) is 34.9 Å². The average Bonchev–Trinajstić information content (AvgIpc) is 2.90. The van der Waals surface area contributed by atoms with E-state index in [0.29, 0.717) is 17.8 Å². The van der Waals surface area contributed by atoms with E-state index in [4.69, 9.17) is 0 Å². The van der Waals surface area contributed by atoms with Gasteiger partial charge in [0.15, 0.2) is 0 Å². The van der Waals surface area contributed by atoms with E-state index in [1.54, 1.807) is 11.6 Å². The molecule has 2 aromatic rings. The van der Waals surface area contributed by atoms with Crippen LogP contribution < -0.4 is 10.6 Å². The smallest absolute Gasteiger partial charge is 0.255 e. The Morgan fingerprint density at radius 2 is 1.96 bits per heavy atom. The van der Waals surface area contributed by atoms with Crippen molar-refractivity contribution in [3.8, 4) is 5.69 Å². The third-order valence-corrected chi connectivity index (χ3v) is 3.95. The molecule has 1 aromatic heterocycles. The van der Waals surface area contributed by atoms with Crippen molar-refractivity contribution in [2.45, 2.75) is 26.8 Å². The summed E-state index contributed by atoms with van der Waals surface area (Å²) in [5.74, 6) is -0.525. The number of rotatable bonds is 5. The van der Waals surface area contributed by atoms with Crippen molar-refractivity contribution < 1.29 is 9.59 Å². The number of hydrogen-bond donors (Lipinski definition) is 2. The zero-order valence-corrected chi connectivity index (χ0v) is 14.8. The quantitative estimate of drug-likeness (QED) is 0.836. The van der Waals surface area contributed by atoms with Gasteiger partial charge in [-0.1, -0.05) is 15.9 Å². The average molecular weight is 379 g/mol. The van der Waals surface area contributed by atoms with Crippen LogP contribution in [0.3, 0.4) is 0 Å². The second kappa shape index (κ2) is 7.41. The first-order valence-corrected chi connectivity index (χ1v) is 8.12. The molecule has 2 rings (SSSR count). The third kappa shape index (κ3) is 3.98. The monoisotopic (exact) mass is 378 g/mol. The highest BCUT2D eigenvalue weighted by Crippen LogP contribution is 2.17. The Bertz CT molecular complexity index is 709. The van der Waals surface area contributed by atoms with Crippen LogP contribution in [0.25, 0.3) is 5.69 Å². The van der Waals surface area contributed by atoms with Crippen LogP contribution in [0, 0.1) is 6.92 Å². The Morgan fingerprint density at radius 1 is 1.30 bits per heavy atom. The second-order valence-electron chi connectivity index (χ2n) is 5.12. The number of carbonyl (C=O) groups is 2. The maximum absolute atomic E-state index is 12.3. The largest absolute Gasteiger partial charge is 0.355 e. The Labute approximate surface area is 143 Å². The van der Waals surface area contributed by atoms with E-state index >= 15 is 0 Å². The molecule has 1 heterocycles. The summed E-state index contributed by atoms with van der Waals surface area (Å²) in [6, 6.07) is 7.03. The van der Waals surface area contributed by atoms with Crippen LogP contribution in [0.5, 0.6) is 0 Å². The lowest BCUT2D eigenvalue weighted by Gasteiger charge is -2.13. The number of aromatic nitrogens is 2. The van der Waals surface area contributed by atoms with Crippen molar-refractivity contribution in [3.63, 3.8) is 0 Å². The van der Waals surface area contributed by atoms with E-state index in [-0.39, 0.29) is 11.8 Å². The van der Waals surface area contributed by atoms with E-state index in [9.17, 15) is 9.59 Å². The summed E-state index contributed by atoms with van der Waals surface area (Å²) in [5, 5.41) is 9.62. The molecule has 0 radical (unpaired) electrons. The maximum Gasteiger partial charge on any atom is 0.255 e. The molecule has 7 heteroatoms. The fourth-order valence-electron chi connectivity index (χ4n) is 2.14. The number of hydrogen-bond acceptors (Lipinski definition) is 3. The van der Waals surface area contributed by atoms with Crippen LogP contribution in [-0.2, 0) is 4.79 Å². The van der Waals surface area contributed by atoms with Crippen LogP contribution in [0.4, 0.5) is 0 Å². The minimum atomic E-state index is -0.599. The third-order valence-electron chi connectivity index (χ3n) is 3.42. The van der Waals surface area contributed by atoms with Crippen molar-refractivity contribution >= 4 is 27.7 Å². The summed E-state index contributed by atoms with van der Waals surface area (Å²) >= 11 is 3.39. The zero-order chi connectivity index (χ0) is 17.0. The first kappa shape index (κ1) is 17.2. The Balaban J connectivity index is 2.17. The number of benzene rings is 1. The van der Waals surface area contributed by atoms with Crippen molar-refractivity contribution in [3.05, 3.63) is 46.2 Å². The van der Waals surface area contributed by atoms with Gasteiger partial charge in [-0.05, 0) is 45.0 Å². The molecule has 1 aromatic carbocycles. The number of likely N-dealkylation sites (N-methyl/N-ethyl adjacent to an activating group) is 1. The maximum atomic E-state index is 12.3. The van der Waals surface area contributed by atoms with E-state index < -0.39 is 6.04 Å². The molecule has 2 N–H and O–H groups in total. The Morgan fingerprint density at radius 3 is 2.57 bits per heavy atom. The molecule has 2 amide bonds. The van der Waals surface area contributed by atoms with Gasteiger partial charge in [0, 0.05) is 11.0 Å². The molecule has 0 saturated carbocycles. The Kier molecular flexibility index (Phi) is 5.54. The van der Waals surface area contributed by atoms with Gasteiger partial charge in [-0.3, -0.25) is 9.59 Å². The van der Waals surface area contributed by atoms with Crippen LogP contribution in [0.2, 0.25) is 0 Å². The molecule has 1 atom stereocenters. The number of carbonyl (C=O) groups excluding carboxylic acids is 2. The molecule has 0 aliphatic carbocycles. The molecular formula is C16H19BrN4O2. The second-order valence-corrected chi connectivity index (χ2v) is 6.04. The standard InChI is InChI=1S/C16H19BrN4O2/c1-4-18-15(22)10(2)20-16(23)14-9-19-21(11(14)3)13-7-5-12(17)6-8-13/h5-10H,4H2,1-3H3,(H,18,22)(H,20,23)/t10-/m0/s1. The lowest BCUT2D eigenvalue weighted by molar-refractivity contribution is -0.122. The van der Waals surface area contributed by atoms with E-state index in [1.165, 1.54) is 6.20 Å². The van der Waals surface area contributed by atoms with Gasteiger partial charge in [0.1, 0.15) is 6.04 Å². The molecule has 0 spiro atoms. The predicted octanol–water partition coefficient (Wildman–Crippen LogP) is 2.20. The fourth-order valence-corrected chi connectivity index (χ4v) is 2.41. The highest BCUT2D eigenvalue weighted by atomic mass is 79.9. The van der Waals surface area contributed by atoms with E-state index in [2.05, 4.69) is 31.7 Å². The summed E-state index contributed by atoms with van der Waals surface area (Å²) in [5.41, 5.74) is 2.03. The van der Waals surface area contributed by atoms with Gasteiger partial charge < -0.3 is 10.6 Å². The molecule has 122 valence electrons. The van der Waals surface area contributed by atoms with Crippen LogP contribution in [-0.4, -0.2) is 34.2 Å². The van der Waals surface area contributed by atoms with Crippen molar-refractivity contribution in [2.24, 2.45) is 0 Å². The number of halogens is 1. The summed E-state index contributed by atoms with van der Waals surface area (Å²) in [6.45, 7) is 5.83. The fraction of sp³-hybridized carbons (Fsp3) is 0.312. The summed E-state index contributed by atoms with van der Waals surface area (Å²) in [7, 11) is 0. The minimum Gasteiger partial charge on any atom is -0.355 e. The molecule has 0 aliphatic heterocycles. The number of nitrogens with one attached hydrogen (secondary N) is 2. The number of amides is 2. The van der Waals surface area contributed by atoms with Gasteiger partial charge in [0.2, 0.25) is 5.91 Å². The summed E-state index contributed by atoms with van der Waals surface area (Å²) in [4.78, 5) is 24.0. The first-order valence-electron chi connectivity index (χ1n) is 7.33. The first-order chi connectivity index (χ1) is 10.9. The lowest BCUT2D eigenvalue weighted by Crippen LogP contribution is -2.44. The van der Waals surface area contributed by atoms with Gasteiger partial charge in [-0.15, -0.1) is 0 Å². The summed E-state index contributed by atoms with van der Waals surface area (Å²) < 4.78 is 2.66. The van der Waals surface area contributed by atoms with Crippen LogP contribution >= 0.6 is 15.9 Å². The van der Waals surface area contributed by atoms with Gasteiger partial charge in [0.05, 0.1) is 23.1 Å². The normalized spacial score (nSPS) is 11.8. The van der Waals surface area contributed by atoms with Gasteiger partial charge in [-0.2, -0.15) is 5.10 Å². The molecule has 0 fully saturated rings. The molecule has 0 unspecified atom stereocenters. The van der Waals surface area contributed by atoms with Crippen molar-refractivity contribution in [1.29, 1.82) is 0 Å². The zero-order valence-electron chi connectivity index (χ0n) is 13.3. The summed E-state index contributed by atoms with van der Waals surface area (Å²) in [6.07, 6.45) is 1.51.